The summed E-state index contributed by atoms with van der Waals surface area (Å²) in [6.07, 6.45) is -4.67. The largest absolute Gasteiger partial charge is 0.417 e. The zero-order chi connectivity index (χ0) is 14.1. The second-order valence-electron chi connectivity index (χ2n) is 4.86. The third-order valence-corrected chi connectivity index (χ3v) is 2.02. The molecule has 18 heavy (non-hydrogen) atoms. The van der Waals surface area contributed by atoms with Crippen molar-refractivity contribution in [3.05, 3.63) is 35.1 Å². The Kier molecular flexibility index (Phi) is 3.69. The van der Waals surface area contributed by atoms with Gasteiger partial charge in [-0.2, -0.15) is 13.2 Å². The molecule has 0 fully saturated rings. The van der Waals surface area contributed by atoms with Crippen LogP contribution in [0.4, 0.5) is 17.6 Å². The molecule has 0 aliphatic carbocycles. The fourth-order valence-electron chi connectivity index (χ4n) is 1.40. The van der Waals surface area contributed by atoms with Crippen LogP contribution in [0.15, 0.2) is 23.2 Å². The zero-order valence-electron chi connectivity index (χ0n) is 10.3. The van der Waals surface area contributed by atoms with E-state index in [1.54, 1.807) is 20.8 Å². The Morgan fingerprint density at radius 1 is 1.17 bits per heavy atom. The number of nitrogens with zero attached hydrogens (tertiary/aromatic N) is 1. The maximum Gasteiger partial charge on any atom is 0.417 e. The summed E-state index contributed by atoms with van der Waals surface area (Å²) in [5.74, 6) is -1.22. The predicted molar refractivity (Wildman–Crippen MR) is 61.9 cm³/mol. The van der Waals surface area contributed by atoms with E-state index in [-0.39, 0.29) is 11.4 Å². The minimum atomic E-state index is -4.67. The number of alkyl halides is 3. The summed E-state index contributed by atoms with van der Waals surface area (Å²) in [7, 11) is 0. The molecule has 0 aliphatic rings. The summed E-state index contributed by atoms with van der Waals surface area (Å²) in [5.41, 5.74) is 3.52. The number of nitrogens with two attached hydrogens (primary N) is 1. The van der Waals surface area contributed by atoms with E-state index in [0.717, 1.165) is 12.1 Å². The topological polar surface area (TPSA) is 38.4 Å². The van der Waals surface area contributed by atoms with Gasteiger partial charge in [0.2, 0.25) is 0 Å². The molecule has 2 N–H and O–H groups in total. The normalized spacial score (nSPS) is 13.8. The number of aliphatic imine (C=N–C) groups is 1. The number of hydrogen-bond donors (Lipinski definition) is 1. The quantitative estimate of drug-likeness (QED) is 0.470. The SMILES string of the molecule is CC(C)(C)N=C(N)c1ccc(F)cc1C(F)(F)F. The molecule has 0 radical (unpaired) electrons. The monoisotopic (exact) mass is 262 g/mol. The van der Waals surface area contributed by atoms with E-state index in [9.17, 15) is 17.6 Å². The van der Waals surface area contributed by atoms with E-state index >= 15 is 0 Å². The molecule has 0 atom stereocenters. The van der Waals surface area contributed by atoms with Crippen molar-refractivity contribution in [2.75, 3.05) is 0 Å². The van der Waals surface area contributed by atoms with Crippen LogP contribution in [0.25, 0.3) is 0 Å². The molecular formula is C12H14F4N2. The first kappa shape index (κ1) is 14.5. The van der Waals surface area contributed by atoms with Gasteiger partial charge in [0.25, 0.3) is 0 Å². The molecule has 1 aromatic rings. The fourth-order valence-corrected chi connectivity index (χ4v) is 1.40. The lowest BCUT2D eigenvalue weighted by molar-refractivity contribution is -0.137. The van der Waals surface area contributed by atoms with Gasteiger partial charge in [0.05, 0.1) is 11.1 Å². The maximum atomic E-state index is 12.9. The highest BCUT2D eigenvalue weighted by Crippen LogP contribution is 2.32. The number of amidine groups is 1. The Morgan fingerprint density at radius 2 is 1.72 bits per heavy atom. The minimum Gasteiger partial charge on any atom is -0.383 e. The zero-order valence-corrected chi connectivity index (χ0v) is 10.3. The van der Waals surface area contributed by atoms with Gasteiger partial charge in [0, 0.05) is 5.56 Å². The molecule has 0 amide bonds. The molecule has 1 rings (SSSR count). The number of benzene rings is 1. The van der Waals surface area contributed by atoms with Gasteiger partial charge in [0.15, 0.2) is 0 Å². The minimum absolute atomic E-state index is 0.255. The highest BCUT2D eigenvalue weighted by atomic mass is 19.4. The van der Waals surface area contributed by atoms with Crippen molar-refractivity contribution in [2.45, 2.75) is 32.5 Å². The van der Waals surface area contributed by atoms with Crippen molar-refractivity contribution in [3.8, 4) is 0 Å². The average Bonchev–Trinajstić information content (AvgIpc) is 2.13. The third-order valence-electron chi connectivity index (χ3n) is 2.02. The fraction of sp³-hybridized carbons (Fsp3) is 0.417. The lowest BCUT2D eigenvalue weighted by Crippen LogP contribution is -2.24. The predicted octanol–water partition coefficient (Wildman–Crippen LogP) is 3.35. The van der Waals surface area contributed by atoms with E-state index in [1.807, 2.05) is 0 Å². The highest BCUT2D eigenvalue weighted by molar-refractivity contribution is 5.99. The van der Waals surface area contributed by atoms with E-state index in [2.05, 4.69) is 4.99 Å². The lowest BCUT2D eigenvalue weighted by Gasteiger charge is -2.17. The van der Waals surface area contributed by atoms with Crippen LogP contribution in [-0.4, -0.2) is 11.4 Å². The summed E-state index contributed by atoms with van der Waals surface area (Å²) in [4.78, 5) is 3.96. The Morgan fingerprint density at radius 3 is 2.17 bits per heavy atom. The molecule has 0 heterocycles. The second-order valence-corrected chi connectivity index (χ2v) is 4.86. The van der Waals surface area contributed by atoms with Gasteiger partial charge in [0.1, 0.15) is 11.7 Å². The van der Waals surface area contributed by atoms with E-state index < -0.39 is 23.1 Å². The first-order chi connectivity index (χ1) is 8.00. The van der Waals surface area contributed by atoms with Crippen molar-refractivity contribution in [1.29, 1.82) is 0 Å². The van der Waals surface area contributed by atoms with Crippen LogP contribution in [0.2, 0.25) is 0 Å². The highest BCUT2D eigenvalue weighted by Gasteiger charge is 2.34. The van der Waals surface area contributed by atoms with Crippen molar-refractivity contribution >= 4 is 5.84 Å². The van der Waals surface area contributed by atoms with Crippen molar-refractivity contribution in [1.82, 2.24) is 0 Å². The average molecular weight is 262 g/mol. The molecule has 100 valence electrons. The molecule has 2 nitrogen and oxygen atoms in total. The Labute approximate surface area is 103 Å². The third kappa shape index (κ3) is 3.72. The van der Waals surface area contributed by atoms with E-state index in [1.165, 1.54) is 0 Å². The van der Waals surface area contributed by atoms with Crippen LogP contribution < -0.4 is 5.73 Å². The molecular weight excluding hydrogens is 248 g/mol. The summed E-state index contributed by atoms with van der Waals surface area (Å²) >= 11 is 0. The van der Waals surface area contributed by atoms with Gasteiger partial charge in [-0.25, -0.2) is 4.39 Å². The van der Waals surface area contributed by atoms with Gasteiger partial charge in [-0.3, -0.25) is 4.99 Å². The molecule has 1 aromatic carbocycles. The summed E-state index contributed by atoms with van der Waals surface area (Å²) < 4.78 is 51.1. The number of rotatable bonds is 1. The van der Waals surface area contributed by atoms with Gasteiger partial charge in [-0.05, 0) is 39.0 Å². The summed E-state index contributed by atoms with van der Waals surface area (Å²) in [6, 6.07) is 2.33. The standard InChI is InChI=1S/C12H14F4N2/c1-11(2,3)18-10(17)8-5-4-7(13)6-9(8)12(14,15)16/h4-6H,1-3H3,(H2,17,18). The van der Waals surface area contributed by atoms with Crippen molar-refractivity contribution < 1.29 is 17.6 Å². The number of hydrogen-bond acceptors (Lipinski definition) is 1. The number of halogens is 4. The molecule has 0 aromatic heterocycles. The molecule has 0 saturated carbocycles. The van der Waals surface area contributed by atoms with Crippen LogP contribution in [0.5, 0.6) is 0 Å². The lowest BCUT2D eigenvalue weighted by atomic mass is 10.0. The summed E-state index contributed by atoms with van der Waals surface area (Å²) in [6.45, 7) is 5.12. The first-order valence-electron chi connectivity index (χ1n) is 5.23. The van der Waals surface area contributed by atoms with Gasteiger partial charge >= 0.3 is 6.18 Å². The van der Waals surface area contributed by atoms with Gasteiger partial charge < -0.3 is 5.73 Å². The smallest absolute Gasteiger partial charge is 0.383 e. The Balaban J connectivity index is 3.38. The van der Waals surface area contributed by atoms with E-state index in [4.69, 9.17) is 5.73 Å². The second kappa shape index (κ2) is 4.59. The summed E-state index contributed by atoms with van der Waals surface area (Å²) in [5, 5.41) is 0. The van der Waals surface area contributed by atoms with Gasteiger partial charge in [-0.15, -0.1) is 0 Å². The van der Waals surface area contributed by atoms with Gasteiger partial charge in [-0.1, -0.05) is 0 Å². The van der Waals surface area contributed by atoms with Crippen molar-refractivity contribution in [3.63, 3.8) is 0 Å². The molecule has 0 unspecified atom stereocenters. The Bertz CT molecular complexity index is 470. The van der Waals surface area contributed by atoms with Crippen LogP contribution in [0, 0.1) is 5.82 Å². The molecule has 0 saturated heterocycles. The van der Waals surface area contributed by atoms with E-state index in [0.29, 0.717) is 6.07 Å². The van der Waals surface area contributed by atoms with Crippen LogP contribution in [0.3, 0.4) is 0 Å². The molecule has 6 heteroatoms. The molecule has 0 spiro atoms. The maximum absolute atomic E-state index is 12.9. The van der Waals surface area contributed by atoms with Crippen LogP contribution in [0.1, 0.15) is 31.9 Å². The molecule has 0 aliphatic heterocycles. The Hall–Kier alpha value is -1.59. The molecule has 0 bridgehead atoms. The first-order valence-corrected chi connectivity index (χ1v) is 5.23. The van der Waals surface area contributed by atoms with Crippen LogP contribution >= 0.6 is 0 Å². The van der Waals surface area contributed by atoms with Crippen molar-refractivity contribution in [2.24, 2.45) is 10.7 Å². The van der Waals surface area contributed by atoms with Crippen LogP contribution in [-0.2, 0) is 6.18 Å².